The smallest absolute Gasteiger partial charge is 0.0636 e. The Labute approximate surface area is 112 Å². The van der Waals surface area contributed by atoms with Crippen LogP contribution in [0.25, 0.3) is 0 Å². The minimum absolute atomic E-state index is 0.432. The van der Waals surface area contributed by atoms with Gasteiger partial charge in [-0.05, 0) is 61.8 Å². The van der Waals surface area contributed by atoms with Crippen molar-refractivity contribution in [3.8, 4) is 0 Å². The molecule has 3 aliphatic rings. The normalized spacial score (nSPS) is 41.5. The quantitative estimate of drug-likeness (QED) is 0.731. The maximum absolute atomic E-state index is 6.24. The van der Waals surface area contributed by atoms with Crippen molar-refractivity contribution in [1.82, 2.24) is 5.32 Å². The molecule has 2 nitrogen and oxygen atoms in total. The van der Waals surface area contributed by atoms with Crippen molar-refractivity contribution in [2.24, 2.45) is 16.7 Å². The zero-order valence-corrected chi connectivity index (χ0v) is 12.3. The van der Waals surface area contributed by atoms with Crippen LogP contribution < -0.4 is 5.32 Å². The van der Waals surface area contributed by atoms with Crippen LogP contribution in [0.5, 0.6) is 0 Å². The first-order valence-corrected chi connectivity index (χ1v) is 7.89. The third-order valence-electron chi connectivity index (χ3n) is 6.36. The van der Waals surface area contributed by atoms with Gasteiger partial charge in [0.15, 0.2) is 0 Å². The molecule has 0 spiro atoms. The fourth-order valence-electron chi connectivity index (χ4n) is 4.27. The van der Waals surface area contributed by atoms with E-state index in [1.807, 2.05) is 0 Å². The minimum atomic E-state index is 0.432. The lowest BCUT2D eigenvalue weighted by molar-refractivity contribution is -0.0469. The summed E-state index contributed by atoms with van der Waals surface area (Å²) in [7, 11) is 0. The van der Waals surface area contributed by atoms with Crippen LogP contribution in [0.3, 0.4) is 0 Å². The predicted octanol–water partition coefficient (Wildman–Crippen LogP) is 3.36. The highest BCUT2D eigenvalue weighted by molar-refractivity contribution is 5.11. The van der Waals surface area contributed by atoms with Gasteiger partial charge in [0, 0.05) is 12.6 Å². The van der Waals surface area contributed by atoms with E-state index < -0.39 is 0 Å². The van der Waals surface area contributed by atoms with E-state index in [0.29, 0.717) is 16.9 Å². The summed E-state index contributed by atoms with van der Waals surface area (Å²) in [6, 6.07) is 0.837. The van der Waals surface area contributed by atoms with Crippen LogP contribution in [0.4, 0.5) is 0 Å². The molecule has 0 heterocycles. The van der Waals surface area contributed by atoms with Crippen molar-refractivity contribution in [3.05, 3.63) is 0 Å². The summed E-state index contributed by atoms with van der Waals surface area (Å²) in [5, 5.41) is 3.56. The van der Waals surface area contributed by atoms with Gasteiger partial charge in [0.05, 0.1) is 6.10 Å². The maximum atomic E-state index is 6.24. The van der Waals surface area contributed by atoms with Gasteiger partial charge in [-0.1, -0.05) is 20.8 Å². The highest BCUT2D eigenvalue weighted by Crippen LogP contribution is 2.66. The Morgan fingerprint density at radius 3 is 2.50 bits per heavy atom. The summed E-state index contributed by atoms with van der Waals surface area (Å²) in [4.78, 5) is 0. The van der Waals surface area contributed by atoms with Crippen molar-refractivity contribution in [2.75, 3.05) is 13.2 Å². The van der Waals surface area contributed by atoms with E-state index in [1.54, 1.807) is 0 Å². The third-order valence-corrected chi connectivity index (χ3v) is 6.36. The molecule has 3 unspecified atom stereocenters. The third kappa shape index (κ3) is 2.02. The summed E-state index contributed by atoms with van der Waals surface area (Å²) in [6.45, 7) is 9.47. The van der Waals surface area contributed by atoms with Crippen LogP contribution in [-0.4, -0.2) is 25.3 Å². The summed E-state index contributed by atoms with van der Waals surface area (Å²) in [5.74, 6) is 0.900. The van der Waals surface area contributed by atoms with Crippen molar-refractivity contribution >= 4 is 0 Å². The van der Waals surface area contributed by atoms with E-state index in [4.69, 9.17) is 4.74 Å². The van der Waals surface area contributed by atoms with Gasteiger partial charge in [-0.25, -0.2) is 0 Å². The second kappa shape index (κ2) is 4.49. The van der Waals surface area contributed by atoms with Gasteiger partial charge >= 0.3 is 0 Å². The highest BCUT2D eigenvalue weighted by Gasteiger charge is 2.61. The molecule has 104 valence electrons. The molecule has 1 N–H and O–H groups in total. The molecule has 18 heavy (non-hydrogen) atoms. The SMILES string of the molecule is CC1(C)C2CCC1(C)C(OCCCNC1CC1)C2. The van der Waals surface area contributed by atoms with Crippen molar-refractivity contribution < 1.29 is 4.74 Å². The summed E-state index contributed by atoms with van der Waals surface area (Å²) in [6.07, 6.45) is 8.57. The molecular formula is C16H29NO. The van der Waals surface area contributed by atoms with Crippen LogP contribution in [0, 0.1) is 16.7 Å². The number of nitrogens with one attached hydrogen (secondary N) is 1. The molecule has 2 heteroatoms. The van der Waals surface area contributed by atoms with Crippen LogP contribution in [0.15, 0.2) is 0 Å². The Morgan fingerprint density at radius 1 is 1.17 bits per heavy atom. The Morgan fingerprint density at radius 2 is 1.94 bits per heavy atom. The van der Waals surface area contributed by atoms with Gasteiger partial charge in [0.1, 0.15) is 0 Å². The van der Waals surface area contributed by atoms with Crippen molar-refractivity contribution in [2.45, 2.75) is 71.4 Å². The standard InChI is InChI=1S/C16H29NO/c1-15(2)12-7-8-16(15,3)14(11-12)18-10-4-9-17-13-5-6-13/h12-14,17H,4-11H2,1-3H3. The lowest BCUT2D eigenvalue weighted by Gasteiger charge is -2.39. The van der Waals surface area contributed by atoms with E-state index in [9.17, 15) is 0 Å². The lowest BCUT2D eigenvalue weighted by Crippen LogP contribution is -2.37. The average Bonchev–Trinajstić information content (AvgIpc) is 3.08. The zero-order chi connectivity index (χ0) is 12.8. The highest BCUT2D eigenvalue weighted by atomic mass is 16.5. The van der Waals surface area contributed by atoms with Crippen LogP contribution in [0.2, 0.25) is 0 Å². The maximum Gasteiger partial charge on any atom is 0.0636 e. The van der Waals surface area contributed by atoms with Crippen LogP contribution >= 0.6 is 0 Å². The number of fused-ring (bicyclic) bond motifs is 2. The predicted molar refractivity (Wildman–Crippen MR) is 74.6 cm³/mol. The van der Waals surface area contributed by atoms with Crippen LogP contribution in [0.1, 0.15) is 59.3 Å². The van der Waals surface area contributed by atoms with Gasteiger partial charge in [0.25, 0.3) is 0 Å². The van der Waals surface area contributed by atoms with Gasteiger partial charge in [-0.15, -0.1) is 0 Å². The molecule has 3 saturated carbocycles. The fraction of sp³-hybridized carbons (Fsp3) is 1.00. The summed E-state index contributed by atoms with van der Waals surface area (Å²) >= 11 is 0. The Kier molecular flexibility index (Phi) is 3.22. The molecule has 0 aromatic heterocycles. The van der Waals surface area contributed by atoms with E-state index in [0.717, 1.165) is 25.1 Å². The average molecular weight is 251 g/mol. The first-order chi connectivity index (χ1) is 8.54. The molecule has 3 rings (SSSR count). The molecule has 0 aliphatic heterocycles. The lowest BCUT2D eigenvalue weighted by atomic mass is 9.70. The van der Waals surface area contributed by atoms with Crippen LogP contribution in [-0.2, 0) is 4.74 Å². The summed E-state index contributed by atoms with van der Waals surface area (Å²) < 4.78 is 6.24. The second-order valence-electron chi connectivity index (χ2n) is 7.55. The first kappa shape index (κ1) is 12.9. The zero-order valence-electron chi connectivity index (χ0n) is 12.3. The molecular weight excluding hydrogens is 222 g/mol. The Bertz CT molecular complexity index is 310. The molecule has 3 atom stereocenters. The molecule has 3 fully saturated rings. The van der Waals surface area contributed by atoms with Gasteiger partial charge in [-0.2, -0.15) is 0 Å². The fourth-order valence-corrected chi connectivity index (χ4v) is 4.27. The summed E-state index contributed by atoms with van der Waals surface area (Å²) in [5.41, 5.74) is 0.922. The van der Waals surface area contributed by atoms with E-state index in [1.165, 1.54) is 38.5 Å². The molecule has 0 amide bonds. The molecule has 3 aliphatic carbocycles. The second-order valence-corrected chi connectivity index (χ2v) is 7.55. The molecule has 0 radical (unpaired) electrons. The first-order valence-electron chi connectivity index (χ1n) is 7.89. The topological polar surface area (TPSA) is 21.3 Å². The Balaban J connectivity index is 1.43. The molecule has 0 aromatic carbocycles. The van der Waals surface area contributed by atoms with Gasteiger partial charge in [-0.3, -0.25) is 0 Å². The molecule has 0 saturated heterocycles. The monoisotopic (exact) mass is 251 g/mol. The number of rotatable bonds is 6. The van der Waals surface area contributed by atoms with Gasteiger partial charge < -0.3 is 10.1 Å². The van der Waals surface area contributed by atoms with E-state index >= 15 is 0 Å². The molecule has 0 aromatic rings. The largest absolute Gasteiger partial charge is 0.378 e. The van der Waals surface area contributed by atoms with Crippen molar-refractivity contribution in [1.29, 1.82) is 0 Å². The number of hydrogen-bond acceptors (Lipinski definition) is 2. The molecule has 2 bridgehead atoms. The van der Waals surface area contributed by atoms with Gasteiger partial charge in [0.2, 0.25) is 0 Å². The number of hydrogen-bond donors (Lipinski definition) is 1. The Hall–Kier alpha value is -0.0800. The minimum Gasteiger partial charge on any atom is -0.378 e. The van der Waals surface area contributed by atoms with Crippen molar-refractivity contribution in [3.63, 3.8) is 0 Å². The van der Waals surface area contributed by atoms with E-state index in [-0.39, 0.29) is 0 Å². The van der Waals surface area contributed by atoms with E-state index in [2.05, 4.69) is 26.1 Å². The number of ether oxygens (including phenoxy) is 1.